The summed E-state index contributed by atoms with van der Waals surface area (Å²) in [4.78, 5) is 37.9. The van der Waals surface area contributed by atoms with Crippen LogP contribution in [0.5, 0.6) is 11.5 Å². The molecule has 2 fully saturated rings. The molecular formula is C27H29ClFN5O5. The number of rotatable bonds is 7. The van der Waals surface area contributed by atoms with Gasteiger partial charge in [0, 0.05) is 49.2 Å². The molecule has 0 aliphatic carbocycles. The summed E-state index contributed by atoms with van der Waals surface area (Å²) in [5, 5.41) is 3.72. The summed E-state index contributed by atoms with van der Waals surface area (Å²) in [5.41, 5.74) is 1.13. The normalized spacial score (nSPS) is 16.3. The monoisotopic (exact) mass is 557 g/mol. The van der Waals surface area contributed by atoms with Crippen molar-refractivity contribution in [2.45, 2.75) is 12.8 Å². The van der Waals surface area contributed by atoms with Crippen molar-refractivity contribution in [1.82, 2.24) is 19.8 Å². The number of benzene rings is 2. The highest BCUT2D eigenvalue weighted by molar-refractivity contribution is 6.31. The van der Waals surface area contributed by atoms with E-state index >= 15 is 0 Å². The van der Waals surface area contributed by atoms with Crippen LogP contribution in [0.4, 0.5) is 15.9 Å². The Kier molecular flexibility index (Phi) is 8.27. The van der Waals surface area contributed by atoms with Crippen molar-refractivity contribution in [2.75, 3.05) is 58.4 Å². The second-order valence-corrected chi connectivity index (χ2v) is 9.78. The number of likely N-dealkylation sites (tertiary alicyclic amines) is 1. The molecule has 0 spiro atoms. The van der Waals surface area contributed by atoms with Gasteiger partial charge in [-0.2, -0.15) is 0 Å². The molecular weight excluding hydrogens is 529 g/mol. The number of fused-ring (bicyclic) bond motifs is 1. The SMILES string of the molecule is COc1cc2ncnc(Nc3ccc(F)c(Cl)c3)c2cc1OCC(=O)N1CCC(C(=O)N2CCOCC2)CC1. The molecule has 0 saturated carbocycles. The number of hydrogen-bond acceptors (Lipinski definition) is 8. The number of piperidine rings is 1. The molecule has 10 nitrogen and oxygen atoms in total. The molecule has 12 heteroatoms. The largest absolute Gasteiger partial charge is 0.493 e. The van der Waals surface area contributed by atoms with Gasteiger partial charge in [0.05, 0.1) is 30.9 Å². The van der Waals surface area contributed by atoms with Crippen molar-refractivity contribution in [2.24, 2.45) is 5.92 Å². The maximum atomic E-state index is 13.6. The predicted octanol–water partition coefficient (Wildman–Crippen LogP) is 3.65. The van der Waals surface area contributed by atoms with E-state index in [4.69, 9.17) is 25.8 Å². The first kappa shape index (κ1) is 26.9. The number of aromatic nitrogens is 2. The third-order valence-electron chi connectivity index (χ3n) is 6.97. The molecule has 3 aromatic rings. The molecule has 1 aromatic heterocycles. The molecule has 2 aliphatic rings. The first-order valence-electron chi connectivity index (χ1n) is 12.7. The van der Waals surface area contributed by atoms with Crippen LogP contribution in [0.1, 0.15) is 12.8 Å². The number of nitrogens with one attached hydrogen (secondary N) is 1. The number of morpholine rings is 1. The van der Waals surface area contributed by atoms with Crippen LogP contribution in [0.3, 0.4) is 0 Å². The van der Waals surface area contributed by atoms with E-state index in [1.807, 2.05) is 4.90 Å². The lowest BCUT2D eigenvalue weighted by atomic mass is 9.95. The van der Waals surface area contributed by atoms with Crippen molar-refractivity contribution >= 4 is 45.8 Å². The highest BCUT2D eigenvalue weighted by Crippen LogP contribution is 2.35. The molecule has 0 atom stereocenters. The van der Waals surface area contributed by atoms with Crippen LogP contribution in [0.25, 0.3) is 10.9 Å². The van der Waals surface area contributed by atoms with Crippen molar-refractivity contribution in [3.05, 3.63) is 47.5 Å². The topological polar surface area (TPSA) is 106 Å². The Hall–Kier alpha value is -3.70. The lowest BCUT2D eigenvalue weighted by molar-refractivity contribution is -0.144. The summed E-state index contributed by atoms with van der Waals surface area (Å²) in [7, 11) is 1.51. The van der Waals surface area contributed by atoms with Gasteiger partial charge >= 0.3 is 0 Å². The van der Waals surface area contributed by atoms with Gasteiger partial charge in [-0.1, -0.05) is 11.6 Å². The number of carbonyl (C=O) groups is 2. The van der Waals surface area contributed by atoms with Crippen LogP contribution >= 0.6 is 11.6 Å². The number of methoxy groups -OCH3 is 1. The smallest absolute Gasteiger partial charge is 0.260 e. The van der Waals surface area contributed by atoms with E-state index in [9.17, 15) is 14.0 Å². The van der Waals surface area contributed by atoms with Crippen LogP contribution in [0.2, 0.25) is 5.02 Å². The molecule has 0 radical (unpaired) electrons. The van der Waals surface area contributed by atoms with Crippen LogP contribution in [-0.4, -0.2) is 84.7 Å². The van der Waals surface area contributed by atoms with Crippen LogP contribution < -0.4 is 14.8 Å². The minimum atomic E-state index is -0.521. The van der Waals surface area contributed by atoms with Gasteiger partial charge in [0.25, 0.3) is 5.91 Å². The van der Waals surface area contributed by atoms with Crippen LogP contribution in [-0.2, 0) is 14.3 Å². The molecule has 0 unspecified atom stereocenters. The van der Waals surface area contributed by atoms with Gasteiger partial charge in [0.15, 0.2) is 18.1 Å². The second-order valence-electron chi connectivity index (χ2n) is 9.38. The van der Waals surface area contributed by atoms with E-state index in [1.54, 1.807) is 23.1 Å². The zero-order valence-electron chi connectivity index (χ0n) is 21.5. The summed E-state index contributed by atoms with van der Waals surface area (Å²) in [6.45, 7) is 3.21. The molecule has 39 heavy (non-hydrogen) atoms. The molecule has 2 aromatic carbocycles. The van der Waals surface area contributed by atoms with Gasteiger partial charge < -0.3 is 29.3 Å². The standard InChI is InChI=1S/C27H29ClFN5O5/c1-37-23-14-22-19(26(31-16-30-22)32-18-2-3-21(29)20(28)12-18)13-24(23)39-15-25(35)33-6-4-17(5-7-33)27(36)34-8-10-38-11-9-34/h2-3,12-14,16-17H,4-11,15H2,1H3,(H,30,31,32). The Morgan fingerprint density at radius 3 is 2.56 bits per heavy atom. The molecule has 0 bridgehead atoms. The number of halogens is 2. The number of carbonyl (C=O) groups excluding carboxylic acids is 2. The van der Waals surface area contributed by atoms with Gasteiger partial charge in [-0.25, -0.2) is 14.4 Å². The van der Waals surface area contributed by atoms with Gasteiger partial charge in [-0.15, -0.1) is 0 Å². The number of ether oxygens (including phenoxy) is 3. The molecule has 2 amide bonds. The van der Waals surface area contributed by atoms with E-state index in [0.29, 0.717) is 86.1 Å². The first-order chi connectivity index (χ1) is 18.9. The van der Waals surface area contributed by atoms with E-state index in [-0.39, 0.29) is 29.4 Å². The summed E-state index contributed by atoms with van der Waals surface area (Å²) in [5.74, 6) is 0.609. The molecule has 2 aliphatic heterocycles. The maximum absolute atomic E-state index is 13.6. The third kappa shape index (κ3) is 6.15. The van der Waals surface area contributed by atoms with Crippen LogP contribution in [0.15, 0.2) is 36.7 Å². The third-order valence-corrected chi connectivity index (χ3v) is 7.26. The predicted molar refractivity (Wildman–Crippen MR) is 143 cm³/mol. The lowest BCUT2D eigenvalue weighted by Crippen LogP contribution is -2.48. The van der Waals surface area contributed by atoms with Crippen molar-refractivity contribution in [1.29, 1.82) is 0 Å². The quantitative estimate of drug-likeness (QED) is 0.469. The number of nitrogens with zero attached hydrogens (tertiary/aromatic N) is 4. The van der Waals surface area contributed by atoms with E-state index < -0.39 is 5.82 Å². The summed E-state index contributed by atoms with van der Waals surface area (Å²) in [6, 6.07) is 7.66. The van der Waals surface area contributed by atoms with E-state index in [1.165, 1.54) is 25.6 Å². The second kappa shape index (κ2) is 12.0. The molecule has 3 heterocycles. The number of hydrogen-bond donors (Lipinski definition) is 1. The fraction of sp³-hybridized carbons (Fsp3) is 0.407. The Balaban J connectivity index is 1.24. The zero-order valence-corrected chi connectivity index (χ0v) is 22.2. The Labute approximate surface area is 230 Å². The molecule has 2 saturated heterocycles. The lowest BCUT2D eigenvalue weighted by Gasteiger charge is -2.35. The highest BCUT2D eigenvalue weighted by atomic mass is 35.5. The first-order valence-corrected chi connectivity index (χ1v) is 13.1. The molecule has 1 N–H and O–H groups in total. The number of amides is 2. The fourth-order valence-electron chi connectivity index (χ4n) is 4.80. The summed E-state index contributed by atoms with van der Waals surface area (Å²) < 4.78 is 30.3. The van der Waals surface area contributed by atoms with Gasteiger partial charge in [-0.05, 0) is 37.1 Å². The maximum Gasteiger partial charge on any atom is 0.260 e. The van der Waals surface area contributed by atoms with E-state index in [2.05, 4.69) is 15.3 Å². The molecule has 5 rings (SSSR count). The Bertz CT molecular complexity index is 1360. The Morgan fingerprint density at radius 1 is 1.08 bits per heavy atom. The van der Waals surface area contributed by atoms with Gasteiger partial charge in [0.1, 0.15) is 18.0 Å². The average molecular weight is 558 g/mol. The van der Waals surface area contributed by atoms with Gasteiger partial charge in [0.2, 0.25) is 5.91 Å². The number of anilines is 2. The zero-order chi connectivity index (χ0) is 27.4. The Morgan fingerprint density at radius 2 is 1.85 bits per heavy atom. The highest BCUT2D eigenvalue weighted by Gasteiger charge is 2.31. The van der Waals surface area contributed by atoms with Crippen molar-refractivity contribution in [3.8, 4) is 11.5 Å². The summed E-state index contributed by atoms with van der Waals surface area (Å²) in [6.07, 6.45) is 2.65. The van der Waals surface area contributed by atoms with E-state index in [0.717, 1.165) is 0 Å². The minimum Gasteiger partial charge on any atom is -0.493 e. The minimum absolute atomic E-state index is 0.0166. The molecule has 206 valence electrons. The van der Waals surface area contributed by atoms with Crippen LogP contribution in [0, 0.1) is 11.7 Å². The van der Waals surface area contributed by atoms with Gasteiger partial charge in [-0.3, -0.25) is 9.59 Å². The summed E-state index contributed by atoms with van der Waals surface area (Å²) >= 11 is 5.91. The van der Waals surface area contributed by atoms with Crippen molar-refractivity contribution in [3.63, 3.8) is 0 Å². The fourth-order valence-corrected chi connectivity index (χ4v) is 4.98. The van der Waals surface area contributed by atoms with Crippen molar-refractivity contribution < 1.29 is 28.2 Å². The average Bonchev–Trinajstić information content (AvgIpc) is 2.97.